The Morgan fingerprint density at radius 1 is 0.957 bits per heavy atom. The molecule has 0 unspecified atom stereocenters. The molecule has 0 amide bonds. The Labute approximate surface area is 140 Å². The molecule has 0 aliphatic heterocycles. The summed E-state index contributed by atoms with van der Waals surface area (Å²) in [6.45, 7) is 6.54. The fraction of sp³-hybridized carbons (Fsp3) is 0.211. The average molecular weight is 327 g/mol. The van der Waals surface area contributed by atoms with Crippen molar-refractivity contribution in [2.24, 2.45) is 0 Å². The van der Waals surface area contributed by atoms with Gasteiger partial charge in [0.2, 0.25) is 0 Å². The molecule has 118 valence electrons. The van der Waals surface area contributed by atoms with Gasteiger partial charge in [0.15, 0.2) is 0 Å². The van der Waals surface area contributed by atoms with Gasteiger partial charge < -0.3 is 0 Å². The SMILES string of the molecule is CC(C)(C)c1ccc(-n2[nH]c(=O)cc2-c2ccc(Cl)cc2)cc1. The smallest absolute Gasteiger partial charge is 0.265 e. The topological polar surface area (TPSA) is 37.8 Å². The predicted molar refractivity (Wildman–Crippen MR) is 95.5 cm³/mol. The monoisotopic (exact) mass is 326 g/mol. The highest BCUT2D eigenvalue weighted by molar-refractivity contribution is 6.30. The van der Waals surface area contributed by atoms with Crippen molar-refractivity contribution in [1.29, 1.82) is 0 Å². The summed E-state index contributed by atoms with van der Waals surface area (Å²) in [4.78, 5) is 11.8. The van der Waals surface area contributed by atoms with E-state index in [4.69, 9.17) is 11.6 Å². The summed E-state index contributed by atoms with van der Waals surface area (Å²) in [5.41, 5.74) is 3.90. The molecule has 3 rings (SSSR count). The number of aromatic nitrogens is 2. The molecular formula is C19H19ClN2O. The van der Waals surface area contributed by atoms with Gasteiger partial charge in [-0.25, -0.2) is 0 Å². The van der Waals surface area contributed by atoms with Crippen LogP contribution >= 0.6 is 11.6 Å². The Hall–Kier alpha value is -2.26. The van der Waals surface area contributed by atoms with Crippen LogP contribution < -0.4 is 5.56 Å². The summed E-state index contributed by atoms with van der Waals surface area (Å²) in [5, 5.41) is 3.53. The van der Waals surface area contributed by atoms with E-state index in [2.05, 4.69) is 38.0 Å². The van der Waals surface area contributed by atoms with Crippen LogP contribution in [0.2, 0.25) is 5.02 Å². The van der Waals surface area contributed by atoms with E-state index in [9.17, 15) is 4.79 Å². The molecule has 0 spiro atoms. The van der Waals surface area contributed by atoms with Crippen LogP contribution in [0.1, 0.15) is 26.3 Å². The Balaban J connectivity index is 2.07. The molecule has 0 saturated heterocycles. The molecule has 0 saturated carbocycles. The highest BCUT2D eigenvalue weighted by Gasteiger charge is 2.14. The number of hydrogen-bond acceptors (Lipinski definition) is 1. The van der Waals surface area contributed by atoms with Gasteiger partial charge in [-0.05, 0) is 35.2 Å². The van der Waals surface area contributed by atoms with Crippen LogP contribution in [0.25, 0.3) is 16.9 Å². The molecule has 1 heterocycles. The van der Waals surface area contributed by atoms with Crippen LogP contribution in [0.5, 0.6) is 0 Å². The van der Waals surface area contributed by atoms with Gasteiger partial charge in [0.1, 0.15) is 0 Å². The van der Waals surface area contributed by atoms with Crippen molar-refractivity contribution in [2.75, 3.05) is 0 Å². The van der Waals surface area contributed by atoms with E-state index >= 15 is 0 Å². The fourth-order valence-electron chi connectivity index (χ4n) is 2.54. The molecule has 1 N–H and O–H groups in total. The zero-order valence-electron chi connectivity index (χ0n) is 13.4. The third-order valence-electron chi connectivity index (χ3n) is 3.86. The summed E-state index contributed by atoms with van der Waals surface area (Å²) in [7, 11) is 0. The zero-order chi connectivity index (χ0) is 16.6. The van der Waals surface area contributed by atoms with E-state index in [0.29, 0.717) is 5.02 Å². The maximum atomic E-state index is 11.8. The Morgan fingerprint density at radius 2 is 1.57 bits per heavy atom. The van der Waals surface area contributed by atoms with Crippen LogP contribution in [-0.2, 0) is 5.41 Å². The molecule has 23 heavy (non-hydrogen) atoms. The van der Waals surface area contributed by atoms with Gasteiger partial charge in [-0.3, -0.25) is 14.6 Å². The van der Waals surface area contributed by atoms with Gasteiger partial charge in [0.25, 0.3) is 5.56 Å². The number of benzene rings is 2. The Kier molecular flexibility index (Phi) is 3.90. The van der Waals surface area contributed by atoms with Crippen LogP contribution in [0, 0.1) is 0 Å². The molecule has 4 heteroatoms. The number of nitrogens with one attached hydrogen (secondary N) is 1. The van der Waals surface area contributed by atoms with Crippen LogP contribution in [-0.4, -0.2) is 9.78 Å². The normalized spacial score (nSPS) is 11.7. The van der Waals surface area contributed by atoms with Crippen LogP contribution in [0.15, 0.2) is 59.4 Å². The Morgan fingerprint density at radius 3 is 2.13 bits per heavy atom. The summed E-state index contributed by atoms with van der Waals surface area (Å²) in [6.07, 6.45) is 0. The number of rotatable bonds is 2. The highest BCUT2D eigenvalue weighted by Crippen LogP contribution is 2.26. The fourth-order valence-corrected chi connectivity index (χ4v) is 2.66. The van der Waals surface area contributed by atoms with Crippen molar-refractivity contribution >= 4 is 11.6 Å². The summed E-state index contributed by atoms with van der Waals surface area (Å²) < 4.78 is 1.80. The van der Waals surface area contributed by atoms with Gasteiger partial charge in [-0.2, -0.15) is 0 Å². The van der Waals surface area contributed by atoms with Crippen molar-refractivity contribution in [1.82, 2.24) is 9.78 Å². The molecule has 0 bridgehead atoms. The molecule has 0 aliphatic rings. The minimum Gasteiger partial charge on any atom is -0.268 e. The van der Waals surface area contributed by atoms with E-state index in [1.165, 1.54) is 5.56 Å². The van der Waals surface area contributed by atoms with E-state index in [1.807, 2.05) is 36.4 Å². The number of nitrogens with zero attached hydrogens (tertiary/aromatic N) is 1. The van der Waals surface area contributed by atoms with Crippen molar-refractivity contribution in [3.63, 3.8) is 0 Å². The second kappa shape index (κ2) is 5.74. The van der Waals surface area contributed by atoms with Crippen LogP contribution in [0.4, 0.5) is 0 Å². The first-order valence-corrected chi connectivity index (χ1v) is 7.91. The molecule has 0 fully saturated rings. The maximum absolute atomic E-state index is 11.8. The van der Waals surface area contributed by atoms with Gasteiger partial charge in [0.05, 0.1) is 11.4 Å². The molecule has 2 aromatic carbocycles. The summed E-state index contributed by atoms with van der Waals surface area (Å²) in [6, 6.07) is 17.3. The van der Waals surface area contributed by atoms with Gasteiger partial charge in [0, 0.05) is 16.7 Å². The summed E-state index contributed by atoms with van der Waals surface area (Å²) in [5.74, 6) is 0. The number of H-pyrrole nitrogens is 1. The number of hydrogen-bond donors (Lipinski definition) is 1. The average Bonchev–Trinajstić information content (AvgIpc) is 2.89. The van der Waals surface area contributed by atoms with Crippen molar-refractivity contribution in [3.8, 4) is 16.9 Å². The first-order valence-electron chi connectivity index (χ1n) is 7.53. The zero-order valence-corrected chi connectivity index (χ0v) is 14.2. The van der Waals surface area contributed by atoms with Gasteiger partial charge >= 0.3 is 0 Å². The molecule has 0 radical (unpaired) electrons. The van der Waals surface area contributed by atoms with Gasteiger partial charge in [-0.15, -0.1) is 0 Å². The van der Waals surface area contributed by atoms with Crippen molar-refractivity contribution in [3.05, 3.63) is 75.5 Å². The van der Waals surface area contributed by atoms with E-state index < -0.39 is 0 Å². The molecule has 0 atom stereocenters. The quantitative estimate of drug-likeness (QED) is 0.722. The first-order chi connectivity index (χ1) is 10.8. The van der Waals surface area contributed by atoms with Crippen molar-refractivity contribution < 1.29 is 0 Å². The lowest BCUT2D eigenvalue weighted by Crippen LogP contribution is -2.11. The number of aromatic amines is 1. The standard InChI is InChI=1S/C19H19ClN2O/c1-19(2,3)14-6-10-16(11-7-14)22-17(12-18(23)21-22)13-4-8-15(20)9-5-13/h4-12H,1-3H3,(H,21,23). The van der Waals surface area contributed by atoms with Crippen LogP contribution in [0.3, 0.4) is 0 Å². The lowest BCUT2D eigenvalue weighted by Gasteiger charge is -2.19. The molecule has 3 nitrogen and oxygen atoms in total. The lowest BCUT2D eigenvalue weighted by atomic mass is 9.87. The molecule has 0 aliphatic carbocycles. The van der Waals surface area contributed by atoms with E-state index in [1.54, 1.807) is 10.7 Å². The van der Waals surface area contributed by atoms with E-state index in [0.717, 1.165) is 16.9 Å². The second-order valence-corrected chi connectivity index (χ2v) is 7.08. The minimum atomic E-state index is -0.130. The predicted octanol–water partition coefficient (Wildman–Crippen LogP) is 4.78. The minimum absolute atomic E-state index is 0.0988. The molecule has 1 aromatic heterocycles. The van der Waals surface area contributed by atoms with Crippen molar-refractivity contribution in [2.45, 2.75) is 26.2 Å². The maximum Gasteiger partial charge on any atom is 0.265 e. The summed E-state index contributed by atoms with van der Waals surface area (Å²) >= 11 is 5.94. The van der Waals surface area contributed by atoms with E-state index in [-0.39, 0.29) is 11.0 Å². The second-order valence-electron chi connectivity index (χ2n) is 6.64. The highest BCUT2D eigenvalue weighted by atomic mass is 35.5. The number of halogens is 1. The molecule has 3 aromatic rings. The molecular weight excluding hydrogens is 308 g/mol. The largest absolute Gasteiger partial charge is 0.268 e. The Bertz CT molecular complexity index is 865. The first kappa shape index (κ1) is 15.6. The van der Waals surface area contributed by atoms with Gasteiger partial charge in [-0.1, -0.05) is 56.6 Å². The third kappa shape index (κ3) is 3.25. The lowest BCUT2D eigenvalue weighted by molar-refractivity contribution is 0.590. The third-order valence-corrected chi connectivity index (χ3v) is 4.11.